The zero-order valence-corrected chi connectivity index (χ0v) is 10.5. The molecule has 0 saturated heterocycles. The van der Waals surface area contributed by atoms with Crippen LogP contribution in [-0.4, -0.2) is 54.8 Å². The fourth-order valence-corrected chi connectivity index (χ4v) is 1.71. The molecular weight excluding hydrogens is 232 g/mol. The van der Waals surface area contributed by atoms with Gasteiger partial charge in [-0.1, -0.05) is 0 Å². The Kier molecular flexibility index (Phi) is 7.17. The van der Waals surface area contributed by atoms with Gasteiger partial charge in [-0.15, -0.1) is 0 Å². The van der Waals surface area contributed by atoms with Crippen molar-refractivity contribution >= 4 is 11.4 Å². The molecule has 0 aliphatic heterocycles. The van der Waals surface area contributed by atoms with Crippen molar-refractivity contribution in [2.45, 2.75) is 6.42 Å². The first kappa shape index (κ1) is 14.8. The van der Waals surface area contributed by atoms with E-state index in [1.165, 1.54) is 0 Å². The maximum absolute atomic E-state index is 8.96. The molecule has 0 bridgehead atoms. The van der Waals surface area contributed by atoms with Gasteiger partial charge in [-0.25, -0.2) is 0 Å². The summed E-state index contributed by atoms with van der Waals surface area (Å²) in [5.74, 6) is 0. The molecule has 4 N–H and O–H groups in total. The van der Waals surface area contributed by atoms with Gasteiger partial charge < -0.3 is 25.5 Å². The van der Waals surface area contributed by atoms with E-state index in [2.05, 4.69) is 5.32 Å². The zero-order valence-electron chi connectivity index (χ0n) is 10.5. The van der Waals surface area contributed by atoms with Crippen molar-refractivity contribution < 1.29 is 15.3 Å². The average Bonchev–Trinajstić information content (AvgIpc) is 2.40. The summed E-state index contributed by atoms with van der Waals surface area (Å²) < 4.78 is 0. The number of hydrogen-bond donors (Lipinski definition) is 4. The largest absolute Gasteiger partial charge is 0.396 e. The van der Waals surface area contributed by atoms with E-state index in [1.54, 1.807) is 0 Å². The summed E-state index contributed by atoms with van der Waals surface area (Å²) in [6.45, 7) is 2.08. The lowest BCUT2D eigenvalue weighted by Crippen LogP contribution is -2.29. The molecule has 0 amide bonds. The zero-order chi connectivity index (χ0) is 13.2. The lowest BCUT2D eigenvalue weighted by Gasteiger charge is -2.23. The quantitative estimate of drug-likeness (QED) is 0.476. The van der Waals surface area contributed by atoms with Crippen molar-refractivity contribution in [3.8, 4) is 0 Å². The number of benzene rings is 1. The third-order valence-electron chi connectivity index (χ3n) is 2.64. The monoisotopic (exact) mass is 254 g/mol. The maximum atomic E-state index is 8.96. The predicted octanol–water partition coefficient (Wildman–Crippen LogP) is 0.272. The number of nitrogens with one attached hydrogen (secondary N) is 1. The molecule has 0 aliphatic carbocycles. The summed E-state index contributed by atoms with van der Waals surface area (Å²) in [5.41, 5.74) is 1.98. The van der Waals surface area contributed by atoms with Crippen LogP contribution in [0.4, 0.5) is 11.4 Å². The second kappa shape index (κ2) is 8.74. The number of aliphatic hydroxyl groups is 3. The molecule has 0 spiro atoms. The molecule has 1 rings (SSSR count). The van der Waals surface area contributed by atoms with Gasteiger partial charge >= 0.3 is 0 Å². The van der Waals surface area contributed by atoms with Crippen LogP contribution in [-0.2, 0) is 0 Å². The summed E-state index contributed by atoms with van der Waals surface area (Å²) in [7, 11) is 0. The molecule has 102 valence electrons. The fourth-order valence-electron chi connectivity index (χ4n) is 1.71. The van der Waals surface area contributed by atoms with Gasteiger partial charge in [-0.05, 0) is 30.7 Å². The Morgan fingerprint density at radius 3 is 2.00 bits per heavy atom. The third kappa shape index (κ3) is 4.91. The van der Waals surface area contributed by atoms with E-state index in [0.717, 1.165) is 24.3 Å². The Morgan fingerprint density at radius 2 is 1.50 bits per heavy atom. The van der Waals surface area contributed by atoms with Gasteiger partial charge in [0.05, 0.1) is 13.2 Å². The highest BCUT2D eigenvalue weighted by atomic mass is 16.3. The van der Waals surface area contributed by atoms with E-state index < -0.39 is 0 Å². The van der Waals surface area contributed by atoms with Crippen LogP contribution in [0.25, 0.3) is 0 Å². The topological polar surface area (TPSA) is 76.0 Å². The second-order valence-electron chi connectivity index (χ2n) is 3.99. The summed E-state index contributed by atoms with van der Waals surface area (Å²) in [5, 5.41) is 29.8. The number of hydrogen-bond acceptors (Lipinski definition) is 5. The lowest BCUT2D eigenvalue weighted by atomic mass is 10.2. The van der Waals surface area contributed by atoms with Crippen molar-refractivity contribution in [3.05, 3.63) is 24.3 Å². The number of anilines is 2. The van der Waals surface area contributed by atoms with Gasteiger partial charge in [0, 0.05) is 37.6 Å². The van der Waals surface area contributed by atoms with Crippen LogP contribution in [0.15, 0.2) is 24.3 Å². The summed E-state index contributed by atoms with van der Waals surface area (Å²) in [6, 6.07) is 7.81. The first-order chi connectivity index (χ1) is 8.81. The van der Waals surface area contributed by atoms with E-state index in [0.29, 0.717) is 13.1 Å². The van der Waals surface area contributed by atoms with Crippen molar-refractivity contribution in [1.82, 2.24) is 0 Å². The highest BCUT2D eigenvalue weighted by molar-refractivity contribution is 5.55. The molecule has 0 saturated carbocycles. The average molecular weight is 254 g/mol. The summed E-state index contributed by atoms with van der Waals surface area (Å²) in [6.07, 6.45) is 0.725. The first-order valence-corrected chi connectivity index (χ1v) is 6.23. The highest BCUT2D eigenvalue weighted by Crippen LogP contribution is 2.17. The smallest absolute Gasteiger partial charge is 0.0606 e. The first-order valence-electron chi connectivity index (χ1n) is 6.23. The molecule has 1 aromatic carbocycles. The van der Waals surface area contributed by atoms with Gasteiger partial charge in [-0.3, -0.25) is 0 Å². The van der Waals surface area contributed by atoms with E-state index >= 15 is 0 Å². The second-order valence-corrected chi connectivity index (χ2v) is 3.99. The van der Waals surface area contributed by atoms with Gasteiger partial charge in [0.1, 0.15) is 0 Å². The maximum Gasteiger partial charge on any atom is 0.0606 e. The van der Waals surface area contributed by atoms with Crippen molar-refractivity contribution in [3.63, 3.8) is 0 Å². The normalized spacial score (nSPS) is 10.4. The lowest BCUT2D eigenvalue weighted by molar-refractivity contribution is 0.281. The predicted molar refractivity (Wildman–Crippen MR) is 73.0 cm³/mol. The van der Waals surface area contributed by atoms with Gasteiger partial charge in [0.25, 0.3) is 0 Å². The van der Waals surface area contributed by atoms with Crippen LogP contribution in [0.5, 0.6) is 0 Å². The number of rotatable bonds is 9. The van der Waals surface area contributed by atoms with E-state index in [-0.39, 0.29) is 19.8 Å². The molecule has 5 nitrogen and oxygen atoms in total. The standard InChI is InChI=1S/C13H22N2O3/c16-9-1-6-14-12-2-4-13(5-3-12)15(7-10-17)8-11-18/h2-5,14,16-18H,1,6-11H2. The third-order valence-corrected chi connectivity index (χ3v) is 2.64. The van der Waals surface area contributed by atoms with Gasteiger partial charge in [-0.2, -0.15) is 0 Å². The molecule has 0 heterocycles. The number of nitrogens with zero attached hydrogens (tertiary/aromatic N) is 1. The molecule has 0 aromatic heterocycles. The van der Waals surface area contributed by atoms with Crippen molar-refractivity contribution in [2.75, 3.05) is 49.7 Å². The molecule has 1 aromatic rings. The minimum atomic E-state index is 0.0660. The molecule has 0 fully saturated rings. The molecule has 0 aliphatic rings. The van der Waals surface area contributed by atoms with E-state index in [1.807, 2.05) is 29.2 Å². The van der Waals surface area contributed by atoms with Crippen LogP contribution in [0.2, 0.25) is 0 Å². The van der Waals surface area contributed by atoms with Crippen LogP contribution < -0.4 is 10.2 Å². The highest BCUT2D eigenvalue weighted by Gasteiger charge is 2.04. The van der Waals surface area contributed by atoms with Gasteiger partial charge in [0.2, 0.25) is 0 Å². The molecule has 5 heteroatoms. The van der Waals surface area contributed by atoms with E-state index in [9.17, 15) is 0 Å². The van der Waals surface area contributed by atoms with E-state index in [4.69, 9.17) is 15.3 Å². The van der Waals surface area contributed by atoms with Crippen LogP contribution in [0.1, 0.15) is 6.42 Å². The van der Waals surface area contributed by atoms with Gasteiger partial charge in [0.15, 0.2) is 0 Å². The molecular formula is C13H22N2O3. The van der Waals surface area contributed by atoms with Crippen LogP contribution in [0, 0.1) is 0 Å². The fraction of sp³-hybridized carbons (Fsp3) is 0.538. The minimum Gasteiger partial charge on any atom is -0.396 e. The van der Waals surface area contributed by atoms with Crippen LogP contribution in [0.3, 0.4) is 0 Å². The molecule has 0 atom stereocenters. The summed E-state index contributed by atoms with van der Waals surface area (Å²) in [4.78, 5) is 1.93. The Morgan fingerprint density at radius 1 is 0.889 bits per heavy atom. The molecule has 18 heavy (non-hydrogen) atoms. The molecule has 0 unspecified atom stereocenters. The Balaban J connectivity index is 2.56. The summed E-state index contributed by atoms with van der Waals surface area (Å²) >= 11 is 0. The SMILES string of the molecule is OCCCNc1ccc(N(CCO)CCO)cc1. The Labute approximate surface area is 108 Å². The molecule has 0 radical (unpaired) electrons. The Bertz CT molecular complexity index is 311. The van der Waals surface area contributed by atoms with Crippen LogP contribution >= 0.6 is 0 Å². The van der Waals surface area contributed by atoms with Crippen molar-refractivity contribution in [1.29, 1.82) is 0 Å². The minimum absolute atomic E-state index is 0.0660. The number of aliphatic hydroxyl groups excluding tert-OH is 3. The Hall–Kier alpha value is -1.30. The van der Waals surface area contributed by atoms with Crippen molar-refractivity contribution in [2.24, 2.45) is 0 Å².